The zero-order valence-corrected chi connectivity index (χ0v) is 23.5. The third-order valence-corrected chi connectivity index (χ3v) is 8.71. The van der Waals surface area contributed by atoms with Crippen molar-refractivity contribution in [2.45, 2.75) is 111 Å². The first-order valence-electron chi connectivity index (χ1n) is 12.9. The highest BCUT2D eigenvalue weighted by molar-refractivity contribution is 5.67. The van der Waals surface area contributed by atoms with E-state index in [1.54, 1.807) is 0 Å². The zero-order valence-electron chi connectivity index (χ0n) is 23.5. The van der Waals surface area contributed by atoms with Crippen molar-refractivity contribution >= 4 is 23.9 Å². The normalized spacial score (nSPS) is 33.1. The number of rotatable bonds is 9. The van der Waals surface area contributed by atoms with Crippen LogP contribution in [0.25, 0.3) is 0 Å². The highest BCUT2D eigenvalue weighted by Gasteiger charge is 2.65. The van der Waals surface area contributed by atoms with Crippen LogP contribution in [0.5, 0.6) is 0 Å². The Kier molecular flexibility index (Phi) is 9.27. The van der Waals surface area contributed by atoms with E-state index in [1.807, 2.05) is 20.8 Å². The van der Waals surface area contributed by atoms with E-state index in [2.05, 4.69) is 6.58 Å². The van der Waals surface area contributed by atoms with Gasteiger partial charge in [0.25, 0.3) is 0 Å². The molecule has 0 aliphatic heterocycles. The van der Waals surface area contributed by atoms with E-state index in [0.29, 0.717) is 25.7 Å². The van der Waals surface area contributed by atoms with Gasteiger partial charge in [-0.1, -0.05) is 19.9 Å². The largest absolute Gasteiger partial charge is 0.465 e. The third-order valence-electron chi connectivity index (χ3n) is 8.71. The third kappa shape index (κ3) is 6.54. The fraction of sp³-hybridized carbons (Fsp3) is 0.786. The van der Waals surface area contributed by atoms with E-state index in [-0.39, 0.29) is 31.0 Å². The summed E-state index contributed by atoms with van der Waals surface area (Å²) in [6, 6.07) is 0. The molecular weight excluding hydrogens is 480 g/mol. The lowest BCUT2D eigenvalue weighted by molar-refractivity contribution is -0.242. The summed E-state index contributed by atoms with van der Waals surface area (Å²) in [6.45, 7) is 16.6. The van der Waals surface area contributed by atoms with Gasteiger partial charge in [-0.3, -0.25) is 19.2 Å². The molecule has 37 heavy (non-hydrogen) atoms. The van der Waals surface area contributed by atoms with Gasteiger partial charge in [0.2, 0.25) is 0 Å². The molecule has 2 aliphatic carbocycles. The summed E-state index contributed by atoms with van der Waals surface area (Å²) in [5, 5.41) is 11.1. The molecule has 0 unspecified atom stereocenters. The van der Waals surface area contributed by atoms with Gasteiger partial charge < -0.3 is 24.1 Å². The molecule has 1 N–H and O–H groups in total. The maximum atomic E-state index is 12.3. The number of ether oxygens (including phenoxy) is 4. The Morgan fingerprint density at radius 3 is 2.11 bits per heavy atom. The van der Waals surface area contributed by atoms with Crippen LogP contribution < -0.4 is 0 Å². The molecule has 0 bridgehead atoms. The van der Waals surface area contributed by atoms with E-state index < -0.39 is 52.0 Å². The first-order valence-corrected chi connectivity index (χ1v) is 12.9. The SMILES string of the molecule is C=C[C@](C)(O)[C@@H](C[C@@H]1[C@@]2(COC(C)=O)CC[C@@H](OC(C)=O)C(C)(C)[C@@H]2CC[C@@]1(C)OC(C)=O)OC(C)=O. The second kappa shape index (κ2) is 11.1. The number of hydrogen-bond donors (Lipinski definition) is 1. The molecule has 9 heteroatoms. The van der Waals surface area contributed by atoms with Crippen LogP contribution in [-0.2, 0) is 38.1 Å². The Bertz CT molecular complexity index is 907. The average Bonchev–Trinajstić information content (AvgIpc) is 2.74. The number of aliphatic hydroxyl groups is 1. The fourth-order valence-corrected chi connectivity index (χ4v) is 7.01. The molecule has 2 saturated carbocycles. The van der Waals surface area contributed by atoms with E-state index in [1.165, 1.54) is 40.7 Å². The molecular formula is C28H44O9. The maximum absolute atomic E-state index is 12.3. The lowest BCUT2D eigenvalue weighted by Gasteiger charge is -2.64. The molecule has 210 valence electrons. The van der Waals surface area contributed by atoms with E-state index in [4.69, 9.17) is 18.9 Å². The summed E-state index contributed by atoms with van der Waals surface area (Å²) >= 11 is 0. The second-order valence-electron chi connectivity index (χ2n) is 11.8. The number of carbonyl (C=O) groups excluding carboxylic acids is 4. The summed E-state index contributed by atoms with van der Waals surface area (Å²) in [5.41, 5.74) is -3.78. The molecule has 9 nitrogen and oxygen atoms in total. The Labute approximate surface area is 220 Å². The van der Waals surface area contributed by atoms with Crippen LogP contribution in [-0.4, -0.2) is 59.0 Å². The molecule has 2 fully saturated rings. The first kappa shape index (κ1) is 30.8. The molecule has 0 aromatic heterocycles. The van der Waals surface area contributed by atoms with Crippen molar-refractivity contribution in [3.8, 4) is 0 Å². The molecule has 0 amide bonds. The predicted octanol–water partition coefficient (Wildman–Crippen LogP) is 3.89. The summed E-state index contributed by atoms with van der Waals surface area (Å²) in [4.78, 5) is 48.3. The maximum Gasteiger partial charge on any atom is 0.303 e. The topological polar surface area (TPSA) is 125 Å². The van der Waals surface area contributed by atoms with Gasteiger partial charge in [0.05, 0.1) is 6.61 Å². The Morgan fingerprint density at radius 1 is 1.00 bits per heavy atom. The van der Waals surface area contributed by atoms with Crippen molar-refractivity contribution in [2.75, 3.05) is 6.61 Å². The molecule has 2 aliphatic rings. The molecule has 0 aromatic rings. The van der Waals surface area contributed by atoms with Crippen molar-refractivity contribution in [3.63, 3.8) is 0 Å². The van der Waals surface area contributed by atoms with Crippen molar-refractivity contribution in [1.82, 2.24) is 0 Å². The van der Waals surface area contributed by atoms with Crippen molar-refractivity contribution in [2.24, 2.45) is 22.7 Å². The fourth-order valence-electron chi connectivity index (χ4n) is 7.01. The Hall–Kier alpha value is -2.42. The molecule has 7 atom stereocenters. The highest BCUT2D eigenvalue weighted by atomic mass is 16.6. The molecule has 0 saturated heterocycles. The summed E-state index contributed by atoms with van der Waals surface area (Å²) in [6.07, 6.45) is 2.25. The lowest BCUT2D eigenvalue weighted by Crippen LogP contribution is -2.65. The minimum atomic E-state index is -1.57. The first-order chi connectivity index (χ1) is 16.9. The molecule has 0 heterocycles. The number of hydrogen-bond acceptors (Lipinski definition) is 9. The summed E-state index contributed by atoms with van der Waals surface area (Å²) in [5.74, 6) is -2.41. The zero-order chi connectivity index (χ0) is 28.4. The van der Waals surface area contributed by atoms with Gasteiger partial charge in [0.15, 0.2) is 0 Å². The number of carbonyl (C=O) groups is 4. The molecule has 0 radical (unpaired) electrons. The minimum absolute atomic E-state index is 0.0494. The highest BCUT2D eigenvalue weighted by Crippen LogP contribution is 2.64. The van der Waals surface area contributed by atoms with Crippen LogP contribution in [0.4, 0.5) is 0 Å². The molecule has 0 spiro atoms. The standard InChI is InChI=1S/C28H44O9/c1-10-26(8,33)24(36-19(4)31)15-22-27(9,37-20(5)32)13-11-21-25(6,7)23(35-18(3)30)12-14-28(21,22)16-34-17(2)29/h10,21-24,33H,1,11-16H2,2-9H3/t21-,22-,23+,24+,26-,27+,28+/m0/s1. The van der Waals surface area contributed by atoms with Crippen LogP contribution in [0.3, 0.4) is 0 Å². The van der Waals surface area contributed by atoms with E-state index in [9.17, 15) is 24.3 Å². The average molecular weight is 525 g/mol. The van der Waals surface area contributed by atoms with E-state index in [0.717, 1.165) is 0 Å². The van der Waals surface area contributed by atoms with Gasteiger partial charge in [0, 0.05) is 44.4 Å². The monoisotopic (exact) mass is 524 g/mol. The van der Waals surface area contributed by atoms with Crippen LogP contribution in [0.2, 0.25) is 0 Å². The number of esters is 4. The van der Waals surface area contributed by atoms with Crippen LogP contribution in [0, 0.1) is 22.7 Å². The van der Waals surface area contributed by atoms with Crippen LogP contribution in [0.1, 0.15) is 87.5 Å². The Balaban J connectivity index is 2.72. The van der Waals surface area contributed by atoms with Gasteiger partial charge >= 0.3 is 23.9 Å². The second-order valence-corrected chi connectivity index (χ2v) is 11.8. The van der Waals surface area contributed by atoms with Crippen molar-refractivity contribution in [3.05, 3.63) is 12.7 Å². The molecule has 2 rings (SSSR count). The van der Waals surface area contributed by atoms with Gasteiger partial charge in [-0.2, -0.15) is 0 Å². The van der Waals surface area contributed by atoms with E-state index >= 15 is 0 Å². The van der Waals surface area contributed by atoms with Crippen LogP contribution in [0.15, 0.2) is 12.7 Å². The van der Waals surface area contributed by atoms with Crippen molar-refractivity contribution in [1.29, 1.82) is 0 Å². The van der Waals surface area contributed by atoms with Crippen LogP contribution >= 0.6 is 0 Å². The quantitative estimate of drug-likeness (QED) is 0.271. The van der Waals surface area contributed by atoms with Gasteiger partial charge in [0.1, 0.15) is 23.4 Å². The Morgan fingerprint density at radius 2 is 1.62 bits per heavy atom. The smallest absolute Gasteiger partial charge is 0.303 e. The predicted molar refractivity (Wildman–Crippen MR) is 135 cm³/mol. The van der Waals surface area contributed by atoms with Crippen molar-refractivity contribution < 1.29 is 43.2 Å². The minimum Gasteiger partial charge on any atom is -0.465 e. The van der Waals surface area contributed by atoms with Gasteiger partial charge in [-0.05, 0) is 51.9 Å². The molecule has 0 aromatic carbocycles. The lowest BCUT2D eigenvalue weighted by atomic mass is 9.43. The summed E-state index contributed by atoms with van der Waals surface area (Å²) in [7, 11) is 0. The number of fused-ring (bicyclic) bond motifs is 1. The summed E-state index contributed by atoms with van der Waals surface area (Å²) < 4.78 is 23.0. The van der Waals surface area contributed by atoms with Gasteiger partial charge in [-0.15, -0.1) is 6.58 Å². The van der Waals surface area contributed by atoms with Gasteiger partial charge in [-0.25, -0.2) is 0 Å².